The van der Waals surface area contributed by atoms with Crippen molar-refractivity contribution >= 4 is 5.97 Å². The number of rotatable bonds is 6. The molecule has 0 bridgehead atoms. The summed E-state index contributed by atoms with van der Waals surface area (Å²) < 4.78 is 34.3. The predicted molar refractivity (Wildman–Crippen MR) is 70.2 cm³/mol. The molecular formula is C14H14F2N2O3. The number of aromatic nitrogens is 2. The van der Waals surface area contributed by atoms with E-state index >= 15 is 0 Å². The van der Waals surface area contributed by atoms with Crippen molar-refractivity contribution in [3.8, 4) is 5.75 Å². The Morgan fingerprint density at radius 3 is 2.62 bits per heavy atom. The molecule has 1 aromatic heterocycles. The lowest BCUT2D eigenvalue weighted by molar-refractivity contribution is 0.0695. The largest absolute Gasteiger partial charge is 0.481 e. The normalized spacial score (nSPS) is 10.6. The summed E-state index contributed by atoms with van der Waals surface area (Å²) in [6.45, 7) is 2.66. The molecule has 0 aliphatic heterocycles. The molecule has 5 nitrogen and oxygen atoms in total. The van der Waals surface area contributed by atoms with Gasteiger partial charge in [-0.3, -0.25) is 0 Å². The molecule has 0 saturated carbocycles. The number of hydrogen-bond acceptors (Lipinski definition) is 3. The Labute approximate surface area is 119 Å². The molecule has 1 aromatic carbocycles. The molecule has 0 amide bonds. The first-order valence-electron chi connectivity index (χ1n) is 6.37. The van der Waals surface area contributed by atoms with Crippen molar-refractivity contribution in [1.29, 1.82) is 0 Å². The molecule has 1 N–H and O–H groups in total. The second-order valence-corrected chi connectivity index (χ2v) is 4.44. The van der Waals surface area contributed by atoms with E-state index in [4.69, 9.17) is 9.84 Å². The zero-order chi connectivity index (χ0) is 15.4. The lowest BCUT2D eigenvalue weighted by Crippen LogP contribution is -2.07. The number of carboxylic acid groups (broad SMARTS) is 1. The van der Waals surface area contributed by atoms with E-state index in [2.05, 4.69) is 4.98 Å². The summed E-state index contributed by atoms with van der Waals surface area (Å²) in [6.07, 6.45) is 4.05. The van der Waals surface area contributed by atoms with Gasteiger partial charge in [-0.05, 0) is 18.6 Å². The number of halogens is 2. The van der Waals surface area contributed by atoms with Gasteiger partial charge in [0.15, 0.2) is 17.4 Å². The summed E-state index contributed by atoms with van der Waals surface area (Å²) >= 11 is 0. The third-order valence-corrected chi connectivity index (χ3v) is 2.87. The summed E-state index contributed by atoms with van der Waals surface area (Å²) in [6, 6.07) is 1.45. The van der Waals surface area contributed by atoms with Crippen molar-refractivity contribution in [2.45, 2.75) is 26.5 Å². The van der Waals surface area contributed by atoms with E-state index in [1.165, 1.54) is 0 Å². The number of ether oxygens (including phenoxy) is 1. The van der Waals surface area contributed by atoms with Gasteiger partial charge >= 0.3 is 5.97 Å². The molecule has 0 unspecified atom stereocenters. The van der Waals surface area contributed by atoms with Crippen molar-refractivity contribution < 1.29 is 23.4 Å². The van der Waals surface area contributed by atoms with Crippen molar-refractivity contribution in [1.82, 2.24) is 9.55 Å². The molecule has 0 saturated heterocycles. The molecule has 0 atom stereocenters. The van der Waals surface area contributed by atoms with E-state index in [1.54, 1.807) is 12.5 Å². The second-order valence-electron chi connectivity index (χ2n) is 4.44. The molecular weight excluding hydrogens is 282 g/mol. The van der Waals surface area contributed by atoms with Crippen LogP contribution in [0.15, 0.2) is 24.7 Å². The predicted octanol–water partition coefficient (Wildman–Crippen LogP) is 2.85. The van der Waals surface area contributed by atoms with Crippen molar-refractivity contribution in [3.05, 3.63) is 47.5 Å². The fourth-order valence-corrected chi connectivity index (χ4v) is 1.88. The quantitative estimate of drug-likeness (QED) is 0.890. The average Bonchev–Trinajstić information content (AvgIpc) is 2.85. The number of hydrogen-bond donors (Lipinski definition) is 1. The molecule has 21 heavy (non-hydrogen) atoms. The van der Waals surface area contributed by atoms with Crippen LogP contribution in [0.2, 0.25) is 0 Å². The molecule has 0 spiro atoms. The van der Waals surface area contributed by atoms with Crippen LogP contribution in [-0.2, 0) is 13.2 Å². The summed E-state index contributed by atoms with van der Waals surface area (Å²) in [7, 11) is 0. The Morgan fingerprint density at radius 1 is 1.38 bits per heavy atom. The van der Waals surface area contributed by atoms with Gasteiger partial charge < -0.3 is 14.4 Å². The van der Waals surface area contributed by atoms with Crippen LogP contribution in [0, 0.1) is 11.6 Å². The summed E-state index contributed by atoms with van der Waals surface area (Å²) in [5.41, 5.74) is 0.214. The smallest absolute Gasteiger partial charge is 0.335 e. The van der Waals surface area contributed by atoms with Crippen LogP contribution in [-0.4, -0.2) is 20.6 Å². The Hall–Kier alpha value is -2.44. The fourth-order valence-electron chi connectivity index (χ4n) is 1.88. The molecule has 2 aromatic rings. The number of imidazole rings is 1. The van der Waals surface area contributed by atoms with Crippen LogP contribution in [0.3, 0.4) is 0 Å². The highest BCUT2D eigenvalue weighted by atomic mass is 19.1. The van der Waals surface area contributed by atoms with Crippen LogP contribution in [0.1, 0.15) is 29.4 Å². The van der Waals surface area contributed by atoms with Crippen molar-refractivity contribution in [2.24, 2.45) is 0 Å². The zero-order valence-electron chi connectivity index (χ0n) is 11.3. The number of benzene rings is 1. The van der Waals surface area contributed by atoms with Crippen molar-refractivity contribution in [2.75, 3.05) is 0 Å². The van der Waals surface area contributed by atoms with Gasteiger partial charge in [0, 0.05) is 6.54 Å². The molecule has 112 valence electrons. The minimum atomic E-state index is -1.40. The van der Waals surface area contributed by atoms with Gasteiger partial charge in [-0.15, -0.1) is 0 Å². The standard InChI is InChI=1S/C14H14F2N2O3/c1-2-3-18-8-17-6-10(18)7-21-13-11(15)4-9(14(19)20)5-12(13)16/h4-6,8H,2-3,7H2,1H3,(H,19,20). The Kier molecular flexibility index (Phi) is 4.52. The first kappa shape index (κ1) is 15.0. The maximum Gasteiger partial charge on any atom is 0.335 e. The van der Waals surface area contributed by atoms with Crippen LogP contribution in [0.5, 0.6) is 5.75 Å². The number of aryl methyl sites for hydroxylation is 1. The van der Waals surface area contributed by atoms with E-state index in [9.17, 15) is 13.6 Å². The van der Waals surface area contributed by atoms with Gasteiger partial charge in [0.1, 0.15) is 6.61 Å². The molecule has 0 radical (unpaired) electrons. The number of aromatic carboxylic acids is 1. The van der Waals surface area contributed by atoms with Crippen LogP contribution in [0.25, 0.3) is 0 Å². The number of carboxylic acids is 1. The summed E-state index contributed by atoms with van der Waals surface area (Å²) in [5.74, 6) is -4.09. The minimum absolute atomic E-state index is 0.0553. The highest BCUT2D eigenvalue weighted by molar-refractivity contribution is 5.87. The first-order chi connectivity index (χ1) is 10.0. The van der Waals surface area contributed by atoms with Crippen LogP contribution < -0.4 is 4.74 Å². The van der Waals surface area contributed by atoms with E-state index in [0.717, 1.165) is 25.1 Å². The molecule has 0 aliphatic carbocycles. The minimum Gasteiger partial charge on any atom is -0.481 e. The molecule has 0 fully saturated rings. The third kappa shape index (κ3) is 3.36. The number of nitrogens with zero attached hydrogens (tertiary/aromatic N) is 2. The summed E-state index contributed by atoms with van der Waals surface area (Å²) in [5, 5.41) is 8.71. The molecule has 7 heteroatoms. The Balaban J connectivity index is 2.16. The van der Waals surface area contributed by atoms with Gasteiger partial charge in [-0.25, -0.2) is 18.6 Å². The molecule has 0 aliphatic rings. The van der Waals surface area contributed by atoms with Crippen molar-refractivity contribution in [3.63, 3.8) is 0 Å². The lowest BCUT2D eigenvalue weighted by atomic mass is 10.2. The fraction of sp³-hybridized carbons (Fsp3) is 0.286. The summed E-state index contributed by atoms with van der Waals surface area (Å²) in [4.78, 5) is 14.6. The molecule has 1 heterocycles. The van der Waals surface area contributed by atoms with Gasteiger partial charge in [0.05, 0.1) is 23.8 Å². The average molecular weight is 296 g/mol. The SMILES string of the molecule is CCCn1cncc1COc1c(F)cc(C(=O)O)cc1F. The maximum absolute atomic E-state index is 13.7. The van der Waals surface area contributed by atoms with Gasteiger partial charge in [-0.2, -0.15) is 0 Å². The highest BCUT2D eigenvalue weighted by Crippen LogP contribution is 2.24. The third-order valence-electron chi connectivity index (χ3n) is 2.87. The lowest BCUT2D eigenvalue weighted by Gasteiger charge is -2.10. The van der Waals surface area contributed by atoms with E-state index in [-0.39, 0.29) is 6.61 Å². The van der Waals surface area contributed by atoms with E-state index < -0.39 is 28.9 Å². The highest BCUT2D eigenvalue weighted by Gasteiger charge is 2.16. The maximum atomic E-state index is 13.7. The van der Waals surface area contributed by atoms with E-state index in [1.807, 2.05) is 11.5 Å². The second kappa shape index (κ2) is 6.34. The molecule has 2 rings (SSSR count). The van der Waals surface area contributed by atoms with Gasteiger partial charge in [-0.1, -0.05) is 6.92 Å². The topological polar surface area (TPSA) is 64.4 Å². The zero-order valence-corrected chi connectivity index (χ0v) is 11.3. The van der Waals surface area contributed by atoms with Gasteiger partial charge in [0.25, 0.3) is 0 Å². The first-order valence-corrected chi connectivity index (χ1v) is 6.37. The van der Waals surface area contributed by atoms with E-state index in [0.29, 0.717) is 5.69 Å². The monoisotopic (exact) mass is 296 g/mol. The van der Waals surface area contributed by atoms with Gasteiger partial charge in [0.2, 0.25) is 0 Å². The Bertz CT molecular complexity index is 632. The number of carbonyl (C=O) groups is 1. The van der Waals surface area contributed by atoms with Crippen LogP contribution >= 0.6 is 0 Å². The van der Waals surface area contributed by atoms with Crippen LogP contribution in [0.4, 0.5) is 8.78 Å². The Morgan fingerprint density at radius 2 is 2.05 bits per heavy atom.